The number of carboxylic acids is 1. The Morgan fingerprint density at radius 3 is 2.52 bits per heavy atom. The Kier molecular flexibility index (Phi) is 3.94. The first kappa shape index (κ1) is 14.6. The van der Waals surface area contributed by atoms with Crippen LogP contribution in [0.4, 0.5) is 0 Å². The molecule has 0 fully saturated rings. The summed E-state index contributed by atoms with van der Waals surface area (Å²) >= 11 is 0. The number of hydrogen-bond donors (Lipinski definition) is 4. The highest BCUT2D eigenvalue weighted by atomic mass is 16.4. The number of H-pyrrole nitrogens is 1. The largest absolute Gasteiger partial charge is 0.479 e. The first-order chi connectivity index (χ1) is 9.90. The lowest BCUT2D eigenvalue weighted by atomic mass is 10.1. The molecule has 0 aliphatic carbocycles. The first-order valence-corrected chi connectivity index (χ1v) is 5.98. The number of aromatic amines is 1. The third-order valence-corrected chi connectivity index (χ3v) is 2.80. The van der Waals surface area contributed by atoms with Crippen LogP contribution in [0.3, 0.4) is 0 Å². The molecule has 0 saturated heterocycles. The van der Waals surface area contributed by atoms with Gasteiger partial charge in [-0.2, -0.15) is 5.21 Å². The van der Waals surface area contributed by atoms with Gasteiger partial charge in [0, 0.05) is 11.1 Å². The highest BCUT2D eigenvalue weighted by molar-refractivity contribution is 5.95. The van der Waals surface area contributed by atoms with E-state index < -0.39 is 24.0 Å². The Balaban J connectivity index is 2.02. The van der Waals surface area contributed by atoms with Crippen LogP contribution in [-0.2, 0) is 4.79 Å². The zero-order valence-corrected chi connectivity index (χ0v) is 11.1. The second-order valence-corrected chi connectivity index (χ2v) is 4.57. The Morgan fingerprint density at radius 1 is 1.33 bits per heavy atom. The number of carbonyl (C=O) groups is 2. The lowest BCUT2D eigenvalue weighted by molar-refractivity contribution is -0.155. The minimum absolute atomic E-state index is 0.323. The summed E-state index contributed by atoms with van der Waals surface area (Å²) in [6.45, 7) is 0.711. The van der Waals surface area contributed by atoms with Crippen molar-refractivity contribution in [3.05, 3.63) is 29.8 Å². The third kappa shape index (κ3) is 3.39. The van der Waals surface area contributed by atoms with Crippen LogP contribution < -0.4 is 5.32 Å². The van der Waals surface area contributed by atoms with E-state index in [0.29, 0.717) is 17.0 Å². The molecule has 1 atom stereocenters. The second-order valence-electron chi connectivity index (χ2n) is 4.57. The van der Waals surface area contributed by atoms with Crippen molar-refractivity contribution in [2.75, 3.05) is 6.54 Å². The number of carbonyl (C=O) groups excluding carboxylic acids is 1. The number of hydrogen-bond acceptors (Lipinski definition) is 6. The van der Waals surface area contributed by atoms with Crippen molar-refractivity contribution in [1.82, 2.24) is 25.9 Å². The van der Waals surface area contributed by atoms with E-state index >= 15 is 0 Å². The van der Waals surface area contributed by atoms with E-state index in [1.807, 2.05) is 0 Å². The van der Waals surface area contributed by atoms with Crippen LogP contribution in [0.25, 0.3) is 11.4 Å². The van der Waals surface area contributed by atoms with E-state index in [9.17, 15) is 14.7 Å². The van der Waals surface area contributed by atoms with E-state index in [2.05, 4.69) is 25.9 Å². The summed E-state index contributed by atoms with van der Waals surface area (Å²) in [6, 6.07) is 6.34. The van der Waals surface area contributed by atoms with Gasteiger partial charge in [-0.15, -0.1) is 10.2 Å². The summed E-state index contributed by atoms with van der Waals surface area (Å²) in [5.41, 5.74) is -1.01. The zero-order chi connectivity index (χ0) is 15.5. The predicted octanol–water partition coefficient (Wildman–Crippen LogP) is -0.568. The summed E-state index contributed by atoms with van der Waals surface area (Å²) in [7, 11) is 0. The SMILES string of the molecule is CC(O)(CNC(=O)c1ccc(-c2nn[nH]n2)cc1)C(=O)O. The van der Waals surface area contributed by atoms with Crippen LogP contribution >= 0.6 is 0 Å². The Morgan fingerprint density at radius 2 is 2.00 bits per heavy atom. The van der Waals surface area contributed by atoms with Gasteiger partial charge in [0.1, 0.15) is 0 Å². The number of tetrazole rings is 1. The number of amides is 1. The molecular weight excluding hydrogens is 278 g/mol. The number of nitrogens with one attached hydrogen (secondary N) is 2. The van der Waals surface area contributed by atoms with Crippen molar-refractivity contribution in [3.63, 3.8) is 0 Å². The number of benzene rings is 1. The minimum Gasteiger partial charge on any atom is -0.479 e. The van der Waals surface area contributed by atoms with Crippen molar-refractivity contribution < 1.29 is 19.8 Å². The predicted molar refractivity (Wildman–Crippen MR) is 70.2 cm³/mol. The quantitative estimate of drug-likeness (QED) is 0.578. The second kappa shape index (κ2) is 5.67. The lowest BCUT2D eigenvalue weighted by Crippen LogP contribution is -2.46. The fourth-order valence-corrected chi connectivity index (χ4v) is 1.48. The lowest BCUT2D eigenvalue weighted by Gasteiger charge is -2.18. The summed E-state index contributed by atoms with van der Waals surface area (Å²) in [6.07, 6.45) is 0. The van der Waals surface area contributed by atoms with Crippen molar-refractivity contribution in [3.8, 4) is 11.4 Å². The molecule has 1 heterocycles. The van der Waals surface area contributed by atoms with Gasteiger partial charge in [0.15, 0.2) is 5.60 Å². The molecule has 0 aliphatic heterocycles. The van der Waals surface area contributed by atoms with Gasteiger partial charge in [-0.05, 0) is 24.3 Å². The Hall–Kier alpha value is -2.81. The highest BCUT2D eigenvalue weighted by Gasteiger charge is 2.30. The van der Waals surface area contributed by atoms with Crippen molar-refractivity contribution >= 4 is 11.9 Å². The fourth-order valence-electron chi connectivity index (χ4n) is 1.48. The van der Waals surface area contributed by atoms with Crippen LogP contribution in [0.5, 0.6) is 0 Å². The molecule has 1 aromatic carbocycles. The average Bonchev–Trinajstić information content (AvgIpc) is 2.99. The molecule has 0 saturated carbocycles. The van der Waals surface area contributed by atoms with E-state index in [-0.39, 0.29) is 0 Å². The number of rotatable bonds is 5. The molecule has 9 nitrogen and oxygen atoms in total. The van der Waals surface area contributed by atoms with Crippen LogP contribution in [0, 0.1) is 0 Å². The first-order valence-electron chi connectivity index (χ1n) is 5.98. The number of carboxylic acid groups (broad SMARTS) is 1. The van der Waals surface area contributed by atoms with Crippen LogP contribution in [0.1, 0.15) is 17.3 Å². The molecule has 9 heteroatoms. The van der Waals surface area contributed by atoms with Crippen molar-refractivity contribution in [1.29, 1.82) is 0 Å². The van der Waals surface area contributed by atoms with Crippen LogP contribution in [-0.4, -0.2) is 54.9 Å². The van der Waals surface area contributed by atoms with Gasteiger partial charge in [0.05, 0.1) is 6.54 Å². The summed E-state index contributed by atoms with van der Waals surface area (Å²) in [5, 5.41) is 34.0. The van der Waals surface area contributed by atoms with Crippen LogP contribution in [0.15, 0.2) is 24.3 Å². The monoisotopic (exact) mass is 291 g/mol. The molecule has 110 valence electrons. The third-order valence-electron chi connectivity index (χ3n) is 2.80. The summed E-state index contributed by atoms with van der Waals surface area (Å²) < 4.78 is 0. The maximum Gasteiger partial charge on any atom is 0.337 e. The maximum atomic E-state index is 11.8. The number of nitrogens with zero attached hydrogens (tertiary/aromatic N) is 3. The average molecular weight is 291 g/mol. The summed E-state index contributed by atoms with van der Waals surface area (Å²) in [5.74, 6) is -1.50. The smallest absolute Gasteiger partial charge is 0.337 e. The van der Waals surface area contributed by atoms with E-state index in [4.69, 9.17) is 5.11 Å². The zero-order valence-electron chi connectivity index (χ0n) is 11.1. The molecule has 0 radical (unpaired) electrons. The van der Waals surface area contributed by atoms with Gasteiger partial charge in [0.2, 0.25) is 5.82 Å². The van der Waals surface area contributed by atoms with E-state index in [1.54, 1.807) is 12.1 Å². The van der Waals surface area contributed by atoms with Gasteiger partial charge in [-0.25, -0.2) is 4.79 Å². The molecule has 0 bridgehead atoms. The Bertz CT molecular complexity index is 636. The van der Waals surface area contributed by atoms with Gasteiger partial charge in [-0.1, -0.05) is 12.1 Å². The maximum absolute atomic E-state index is 11.8. The molecule has 1 unspecified atom stereocenters. The molecule has 21 heavy (non-hydrogen) atoms. The number of aliphatic hydroxyl groups is 1. The molecule has 2 rings (SSSR count). The molecule has 1 amide bonds. The fraction of sp³-hybridized carbons (Fsp3) is 0.250. The minimum atomic E-state index is -2.01. The molecular formula is C12H13N5O4. The van der Waals surface area contributed by atoms with Crippen LogP contribution in [0.2, 0.25) is 0 Å². The summed E-state index contributed by atoms with van der Waals surface area (Å²) in [4.78, 5) is 22.6. The van der Waals surface area contributed by atoms with Crippen molar-refractivity contribution in [2.24, 2.45) is 0 Å². The highest BCUT2D eigenvalue weighted by Crippen LogP contribution is 2.14. The Labute approximate surface area is 119 Å². The molecule has 1 aromatic heterocycles. The topological polar surface area (TPSA) is 141 Å². The number of aromatic nitrogens is 4. The molecule has 0 spiro atoms. The van der Waals surface area contributed by atoms with Gasteiger partial charge in [0.25, 0.3) is 5.91 Å². The van der Waals surface area contributed by atoms with Crippen molar-refractivity contribution in [2.45, 2.75) is 12.5 Å². The van der Waals surface area contributed by atoms with E-state index in [1.165, 1.54) is 12.1 Å². The van der Waals surface area contributed by atoms with Gasteiger partial charge >= 0.3 is 5.97 Å². The number of aliphatic carboxylic acids is 1. The van der Waals surface area contributed by atoms with Gasteiger partial charge < -0.3 is 15.5 Å². The standard InChI is InChI=1S/C12H13N5O4/c1-12(21,11(19)20)6-13-10(18)8-4-2-7(3-5-8)9-14-16-17-15-9/h2-5,21H,6H2,1H3,(H,13,18)(H,19,20)(H,14,15,16,17). The normalized spacial score (nSPS) is 13.4. The van der Waals surface area contributed by atoms with E-state index in [0.717, 1.165) is 6.92 Å². The molecule has 2 aromatic rings. The molecule has 0 aliphatic rings. The van der Waals surface area contributed by atoms with Gasteiger partial charge in [-0.3, -0.25) is 4.79 Å². The molecule has 4 N–H and O–H groups in total.